The van der Waals surface area contributed by atoms with Crippen LogP contribution in [-0.2, 0) is 4.79 Å². The predicted molar refractivity (Wildman–Crippen MR) is 131 cm³/mol. The Hall–Kier alpha value is -2.84. The summed E-state index contributed by atoms with van der Waals surface area (Å²) in [6.45, 7) is 1.14. The number of carbonyl (C=O) groups excluding carboxylic acids is 1. The highest BCUT2D eigenvalue weighted by atomic mass is 35.5. The molecule has 2 aliphatic rings. The minimum atomic E-state index is -2.63. The van der Waals surface area contributed by atoms with Gasteiger partial charge in [0.25, 0.3) is 5.92 Å². The van der Waals surface area contributed by atoms with Crippen LogP contribution in [0.5, 0.6) is 0 Å². The number of ketones is 1. The van der Waals surface area contributed by atoms with Gasteiger partial charge in [-0.2, -0.15) is 5.10 Å². The lowest BCUT2D eigenvalue weighted by molar-refractivity contribution is -0.124. The van der Waals surface area contributed by atoms with Gasteiger partial charge in [-0.05, 0) is 53.7 Å². The summed E-state index contributed by atoms with van der Waals surface area (Å²) >= 11 is 5.99. The van der Waals surface area contributed by atoms with Crippen LogP contribution in [0.1, 0.15) is 49.1 Å². The Bertz CT molecular complexity index is 1250. The number of aliphatic hydroxyl groups excluding tert-OH is 1. The van der Waals surface area contributed by atoms with E-state index in [-0.39, 0.29) is 37.1 Å². The molecule has 3 aromatic rings. The van der Waals surface area contributed by atoms with E-state index in [4.69, 9.17) is 11.6 Å². The van der Waals surface area contributed by atoms with Crippen molar-refractivity contribution < 1.29 is 18.7 Å². The number of aromatic nitrogens is 3. The van der Waals surface area contributed by atoms with Crippen LogP contribution in [0.25, 0.3) is 11.1 Å². The SMILES string of the molecule is O=C(C[C@@H](CCO)c1ccc(Cl)cc1)C1CN(c2ncnn3cc(C4=CCC(F)(F)CC4)cc23)C1. The number of Topliss-reactive ketones (excluding diaryl/α,β-unsaturated/α-hetero) is 1. The van der Waals surface area contributed by atoms with Gasteiger partial charge in [0.1, 0.15) is 17.6 Å². The molecule has 0 radical (unpaired) electrons. The van der Waals surface area contributed by atoms with Crippen LogP contribution in [0, 0.1) is 5.92 Å². The van der Waals surface area contributed by atoms with Crippen molar-refractivity contribution in [1.29, 1.82) is 0 Å². The molecule has 1 aliphatic heterocycles. The second-order valence-electron chi connectivity index (χ2n) is 9.46. The number of benzene rings is 1. The van der Waals surface area contributed by atoms with Gasteiger partial charge in [0.15, 0.2) is 5.82 Å². The molecule has 184 valence electrons. The molecular formula is C26H27ClF2N4O2. The van der Waals surface area contributed by atoms with Crippen molar-refractivity contribution >= 4 is 34.3 Å². The molecule has 0 unspecified atom stereocenters. The highest BCUT2D eigenvalue weighted by Crippen LogP contribution is 2.38. The number of nitrogens with zero attached hydrogens (tertiary/aromatic N) is 4. The van der Waals surface area contributed by atoms with Gasteiger partial charge in [-0.15, -0.1) is 0 Å². The summed E-state index contributed by atoms with van der Waals surface area (Å²) in [7, 11) is 0. The first-order valence-electron chi connectivity index (χ1n) is 11.9. The lowest BCUT2D eigenvalue weighted by Gasteiger charge is -2.39. The number of aliphatic hydroxyl groups is 1. The van der Waals surface area contributed by atoms with Crippen molar-refractivity contribution in [2.24, 2.45) is 5.92 Å². The molecule has 1 N–H and O–H groups in total. The van der Waals surface area contributed by atoms with E-state index in [2.05, 4.69) is 15.0 Å². The third-order valence-electron chi connectivity index (χ3n) is 7.07. The second kappa shape index (κ2) is 9.66. The van der Waals surface area contributed by atoms with Crippen LogP contribution in [0.4, 0.5) is 14.6 Å². The first kappa shape index (κ1) is 23.9. The first-order valence-corrected chi connectivity index (χ1v) is 12.3. The Morgan fingerprint density at radius 3 is 2.71 bits per heavy atom. The van der Waals surface area contributed by atoms with Crippen molar-refractivity contribution in [3.8, 4) is 0 Å². The van der Waals surface area contributed by atoms with Crippen LogP contribution in [0.15, 0.2) is 48.9 Å². The van der Waals surface area contributed by atoms with Gasteiger partial charge in [-0.3, -0.25) is 4.79 Å². The monoisotopic (exact) mass is 500 g/mol. The Morgan fingerprint density at radius 1 is 1.26 bits per heavy atom. The number of rotatable bonds is 8. The van der Waals surface area contributed by atoms with Crippen LogP contribution in [0.3, 0.4) is 0 Å². The summed E-state index contributed by atoms with van der Waals surface area (Å²) in [6.07, 6.45) is 5.77. The number of fused-ring (bicyclic) bond motifs is 1. The highest BCUT2D eigenvalue weighted by Gasteiger charge is 2.36. The average Bonchev–Trinajstić information content (AvgIpc) is 3.23. The maximum absolute atomic E-state index is 13.5. The Labute approximate surface area is 207 Å². The van der Waals surface area contributed by atoms with E-state index >= 15 is 0 Å². The van der Waals surface area contributed by atoms with Crippen molar-refractivity contribution in [3.63, 3.8) is 0 Å². The topological polar surface area (TPSA) is 70.7 Å². The molecule has 6 nitrogen and oxygen atoms in total. The number of hydrogen-bond donors (Lipinski definition) is 1. The maximum Gasteiger partial charge on any atom is 0.251 e. The largest absolute Gasteiger partial charge is 0.396 e. The number of alkyl halides is 2. The van der Waals surface area contributed by atoms with Gasteiger partial charge in [0, 0.05) is 50.2 Å². The summed E-state index contributed by atoms with van der Waals surface area (Å²) in [5.41, 5.74) is 3.58. The molecule has 1 atom stereocenters. The molecule has 0 bridgehead atoms. The Kier molecular flexibility index (Phi) is 6.59. The molecule has 9 heteroatoms. The van der Waals surface area contributed by atoms with E-state index in [1.165, 1.54) is 6.33 Å². The highest BCUT2D eigenvalue weighted by molar-refractivity contribution is 6.30. The third kappa shape index (κ3) is 5.09. The molecule has 0 spiro atoms. The van der Waals surface area contributed by atoms with E-state index in [1.807, 2.05) is 24.4 Å². The summed E-state index contributed by atoms with van der Waals surface area (Å²) < 4.78 is 28.8. The first-order chi connectivity index (χ1) is 16.8. The molecule has 1 saturated heterocycles. The van der Waals surface area contributed by atoms with Crippen molar-refractivity contribution in [3.05, 3.63) is 65.1 Å². The van der Waals surface area contributed by atoms with Crippen LogP contribution in [-0.4, -0.2) is 51.1 Å². The zero-order valence-electron chi connectivity index (χ0n) is 19.2. The lowest BCUT2D eigenvalue weighted by atomic mass is 9.84. The van der Waals surface area contributed by atoms with Crippen molar-refractivity contribution in [2.45, 2.75) is 43.9 Å². The van der Waals surface area contributed by atoms with E-state index in [1.54, 1.807) is 22.7 Å². The number of halogens is 3. The van der Waals surface area contributed by atoms with Gasteiger partial charge < -0.3 is 10.0 Å². The molecule has 35 heavy (non-hydrogen) atoms. The quantitative estimate of drug-likeness (QED) is 0.463. The fraction of sp³-hybridized carbons (Fsp3) is 0.423. The van der Waals surface area contributed by atoms with E-state index in [0.29, 0.717) is 37.4 Å². The van der Waals surface area contributed by atoms with Crippen LogP contribution in [0.2, 0.25) is 5.02 Å². The van der Waals surface area contributed by atoms with E-state index in [0.717, 1.165) is 28.0 Å². The van der Waals surface area contributed by atoms with Crippen LogP contribution >= 0.6 is 11.6 Å². The summed E-state index contributed by atoms with van der Waals surface area (Å²) in [4.78, 5) is 19.5. The van der Waals surface area contributed by atoms with E-state index in [9.17, 15) is 18.7 Å². The fourth-order valence-corrected chi connectivity index (χ4v) is 5.06. The van der Waals surface area contributed by atoms with Crippen molar-refractivity contribution in [2.75, 3.05) is 24.6 Å². The molecule has 5 rings (SSSR count). The summed E-state index contributed by atoms with van der Waals surface area (Å²) in [6, 6.07) is 9.37. The number of carbonyl (C=O) groups is 1. The normalized spacial score (nSPS) is 18.9. The molecule has 1 aliphatic carbocycles. The zero-order valence-corrected chi connectivity index (χ0v) is 20.0. The molecule has 1 fully saturated rings. The lowest BCUT2D eigenvalue weighted by Crippen LogP contribution is -2.51. The standard InChI is InChI=1S/C26H27ClF2N4O2/c27-22-3-1-17(2-4-22)19(7-10-34)12-24(35)21-13-32(14-21)25-23-11-20(15-33(23)31-16-30-25)18-5-8-26(28,29)9-6-18/h1-5,11,15-16,19,21,34H,6-10,12-14H2/t19-/m1/s1. The van der Waals surface area contributed by atoms with Gasteiger partial charge in [0.05, 0.1) is 5.92 Å². The molecule has 3 heterocycles. The average molecular weight is 501 g/mol. The summed E-state index contributed by atoms with van der Waals surface area (Å²) in [5.74, 6) is -1.87. The summed E-state index contributed by atoms with van der Waals surface area (Å²) in [5, 5.41) is 14.4. The number of hydrogen-bond acceptors (Lipinski definition) is 5. The second-order valence-corrected chi connectivity index (χ2v) is 9.90. The fourth-order valence-electron chi connectivity index (χ4n) is 4.93. The smallest absolute Gasteiger partial charge is 0.251 e. The Balaban J connectivity index is 1.26. The predicted octanol–water partition coefficient (Wildman–Crippen LogP) is 5.15. The van der Waals surface area contributed by atoms with Crippen molar-refractivity contribution in [1.82, 2.24) is 14.6 Å². The van der Waals surface area contributed by atoms with Gasteiger partial charge >= 0.3 is 0 Å². The molecule has 2 aromatic heterocycles. The van der Waals surface area contributed by atoms with Gasteiger partial charge in [-0.1, -0.05) is 29.8 Å². The Morgan fingerprint density at radius 2 is 2.03 bits per heavy atom. The number of allylic oxidation sites excluding steroid dienone is 2. The minimum Gasteiger partial charge on any atom is -0.396 e. The number of anilines is 1. The van der Waals surface area contributed by atoms with Crippen LogP contribution < -0.4 is 4.90 Å². The minimum absolute atomic E-state index is 0.0148. The van der Waals surface area contributed by atoms with Gasteiger partial charge in [0.2, 0.25) is 0 Å². The molecule has 0 saturated carbocycles. The molecule has 0 amide bonds. The maximum atomic E-state index is 13.5. The van der Waals surface area contributed by atoms with Gasteiger partial charge in [-0.25, -0.2) is 18.3 Å². The third-order valence-corrected chi connectivity index (χ3v) is 7.32. The zero-order chi connectivity index (χ0) is 24.6. The molecular weight excluding hydrogens is 474 g/mol. The van der Waals surface area contributed by atoms with E-state index < -0.39 is 5.92 Å². The molecule has 1 aromatic carbocycles.